The molecule has 5 nitrogen and oxygen atoms in total. The maximum absolute atomic E-state index is 14.8. The van der Waals surface area contributed by atoms with Gasteiger partial charge in [0.15, 0.2) is 0 Å². The second-order valence-corrected chi connectivity index (χ2v) is 9.21. The standard InChI is InChI=1S/C21H20ClF4N3O2S/c1-19(2)10-20(3,29-16(32)9-31-19)13-7-12(4-5-15(13)23)28-18(30)17-14(22)6-11(8-27-17)21(24,25)26/h4-8H,9-10H2,1-3H3,(H,28,30)(H,29,32). The number of amides is 1. The van der Waals surface area contributed by atoms with Gasteiger partial charge in [-0.05, 0) is 45.0 Å². The molecule has 0 radical (unpaired) electrons. The fourth-order valence-electron chi connectivity index (χ4n) is 3.69. The minimum Gasteiger partial charge on any atom is -0.368 e. The summed E-state index contributed by atoms with van der Waals surface area (Å²) >= 11 is 11.1. The van der Waals surface area contributed by atoms with Gasteiger partial charge in [0.2, 0.25) is 0 Å². The lowest BCUT2D eigenvalue weighted by molar-refractivity contribution is -0.137. The van der Waals surface area contributed by atoms with Crippen LogP contribution in [0.5, 0.6) is 0 Å². The van der Waals surface area contributed by atoms with E-state index in [1.807, 2.05) is 13.8 Å². The van der Waals surface area contributed by atoms with E-state index in [1.165, 1.54) is 18.2 Å². The number of thiocarbonyl (C=S) groups is 1. The Kier molecular flexibility index (Phi) is 6.52. The molecule has 11 heteroatoms. The first kappa shape index (κ1) is 24.3. The van der Waals surface area contributed by atoms with E-state index in [4.69, 9.17) is 28.6 Å². The number of ether oxygens (including phenoxy) is 1. The van der Waals surface area contributed by atoms with E-state index in [0.29, 0.717) is 23.7 Å². The van der Waals surface area contributed by atoms with Gasteiger partial charge >= 0.3 is 6.18 Å². The number of alkyl halides is 3. The van der Waals surface area contributed by atoms with Gasteiger partial charge < -0.3 is 15.4 Å². The quantitative estimate of drug-likeness (QED) is 0.442. The summed E-state index contributed by atoms with van der Waals surface area (Å²) in [7, 11) is 0. The summed E-state index contributed by atoms with van der Waals surface area (Å²) in [5, 5.41) is 5.17. The van der Waals surface area contributed by atoms with E-state index in [9.17, 15) is 22.4 Å². The van der Waals surface area contributed by atoms with Gasteiger partial charge in [0.1, 0.15) is 16.5 Å². The van der Waals surface area contributed by atoms with Crippen LogP contribution >= 0.6 is 23.8 Å². The molecule has 1 fully saturated rings. The molecule has 1 atom stereocenters. The van der Waals surface area contributed by atoms with Gasteiger partial charge in [0.05, 0.1) is 28.3 Å². The van der Waals surface area contributed by atoms with Crippen molar-refractivity contribution in [3.8, 4) is 0 Å². The summed E-state index contributed by atoms with van der Waals surface area (Å²) in [5.74, 6) is -1.36. The van der Waals surface area contributed by atoms with Crippen molar-refractivity contribution in [1.82, 2.24) is 10.3 Å². The minimum atomic E-state index is -4.64. The number of aromatic nitrogens is 1. The number of pyridine rings is 1. The van der Waals surface area contributed by atoms with Crippen LogP contribution in [0.25, 0.3) is 0 Å². The monoisotopic (exact) mass is 489 g/mol. The molecule has 1 amide bonds. The zero-order valence-corrected chi connectivity index (χ0v) is 18.9. The Hall–Kier alpha value is -2.30. The summed E-state index contributed by atoms with van der Waals surface area (Å²) < 4.78 is 59.0. The largest absolute Gasteiger partial charge is 0.417 e. The summed E-state index contributed by atoms with van der Waals surface area (Å²) in [6.45, 7) is 5.69. The van der Waals surface area contributed by atoms with Crippen molar-refractivity contribution in [2.24, 2.45) is 0 Å². The van der Waals surface area contributed by atoms with Crippen molar-refractivity contribution in [1.29, 1.82) is 0 Å². The molecule has 32 heavy (non-hydrogen) atoms. The highest BCUT2D eigenvalue weighted by Crippen LogP contribution is 2.37. The van der Waals surface area contributed by atoms with Crippen LogP contribution in [-0.4, -0.2) is 28.1 Å². The highest BCUT2D eigenvalue weighted by Gasteiger charge is 2.40. The highest BCUT2D eigenvalue weighted by atomic mass is 35.5. The topological polar surface area (TPSA) is 63.2 Å². The van der Waals surface area contributed by atoms with Gasteiger partial charge in [-0.2, -0.15) is 13.2 Å². The smallest absolute Gasteiger partial charge is 0.368 e. The third-order valence-electron chi connectivity index (χ3n) is 4.99. The van der Waals surface area contributed by atoms with Crippen LogP contribution in [0, 0.1) is 5.82 Å². The number of nitrogens with one attached hydrogen (secondary N) is 2. The van der Waals surface area contributed by atoms with E-state index in [0.717, 1.165) is 0 Å². The Morgan fingerprint density at radius 1 is 1.28 bits per heavy atom. The van der Waals surface area contributed by atoms with Crippen molar-refractivity contribution >= 4 is 40.4 Å². The first-order chi connectivity index (χ1) is 14.7. The van der Waals surface area contributed by atoms with Crippen LogP contribution < -0.4 is 10.6 Å². The molecule has 1 aliphatic heterocycles. The van der Waals surface area contributed by atoms with E-state index in [-0.39, 0.29) is 23.6 Å². The molecule has 2 heterocycles. The molecule has 0 saturated carbocycles. The predicted octanol–water partition coefficient (Wildman–Crippen LogP) is 5.48. The molecule has 1 aromatic carbocycles. The zero-order chi connectivity index (χ0) is 23.9. The Morgan fingerprint density at radius 2 is 1.97 bits per heavy atom. The van der Waals surface area contributed by atoms with Crippen LogP contribution in [0.1, 0.15) is 48.8 Å². The van der Waals surface area contributed by atoms with Crippen molar-refractivity contribution in [2.75, 3.05) is 11.9 Å². The third kappa shape index (κ3) is 5.36. The van der Waals surface area contributed by atoms with Crippen LogP contribution in [0.3, 0.4) is 0 Å². The number of halogens is 5. The molecule has 172 valence electrons. The molecule has 0 aliphatic carbocycles. The maximum atomic E-state index is 14.8. The third-order valence-corrected chi connectivity index (χ3v) is 5.50. The molecule has 1 saturated heterocycles. The number of anilines is 1. The summed E-state index contributed by atoms with van der Waals surface area (Å²) in [4.78, 5) is 16.5. The Bertz CT molecular complexity index is 1080. The number of nitrogens with zero attached hydrogens (tertiary/aromatic N) is 1. The van der Waals surface area contributed by atoms with Gasteiger partial charge in [0, 0.05) is 23.9 Å². The van der Waals surface area contributed by atoms with Gasteiger partial charge in [0.25, 0.3) is 5.91 Å². The van der Waals surface area contributed by atoms with Crippen molar-refractivity contribution < 1.29 is 27.1 Å². The average Bonchev–Trinajstić information content (AvgIpc) is 2.77. The van der Waals surface area contributed by atoms with Gasteiger partial charge in [-0.25, -0.2) is 9.37 Å². The van der Waals surface area contributed by atoms with E-state index in [1.54, 1.807) is 6.92 Å². The summed E-state index contributed by atoms with van der Waals surface area (Å²) in [6.07, 6.45) is -3.74. The lowest BCUT2D eigenvalue weighted by Gasteiger charge is -2.35. The molecule has 3 rings (SSSR count). The van der Waals surface area contributed by atoms with E-state index in [2.05, 4.69) is 15.6 Å². The van der Waals surface area contributed by atoms with Crippen LogP contribution in [-0.2, 0) is 16.5 Å². The average molecular weight is 490 g/mol. The van der Waals surface area contributed by atoms with Crippen molar-refractivity contribution in [3.05, 3.63) is 58.1 Å². The first-order valence-corrected chi connectivity index (χ1v) is 10.3. The van der Waals surface area contributed by atoms with Gasteiger partial charge in [-0.15, -0.1) is 0 Å². The van der Waals surface area contributed by atoms with Crippen LogP contribution in [0.15, 0.2) is 30.5 Å². The lowest BCUT2D eigenvalue weighted by Crippen LogP contribution is -2.45. The molecule has 1 unspecified atom stereocenters. The lowest BCUT2D eigenvalue weighted by atomic mass is 9.81. The molecule has 2 aromatic rings. The molecule has 0 spiro atoms. The van der Waals surface area contributed by atoms with Crippen LogP contribution in [0.4, 0.5) is 23.2 Å². The predicted molar refractivity (Wildman–Crippen MR) is 116 cm³/mol. The Morgan fingerprint density at radius 3 is 2.59 bits per heavy atom. The number of rotatable bonds is 3. The first-order valence-electron chi connectivity index (χ1n) is 9.49. The maximum Gasteiger partial charge on any atom is 0.417 e. The van der Waals surface area contributed by atoms with E-state index < -0.39 is 39.6 Å². The molecule has 0 bridgehead atoms. The second-order valence-electron chi connectivity index (χ2n) is 8.31. The number of carbonyl (C=O) groups excluding carboxylic acids is 1. The van der Waals surface area contributed by atoms with E-state index >= 15 is 0 Å². The SMILES string of the molecule is CC1(C)CC(C)(c2cc(NC(=O)c3ncc(C(F)(F)F)cc3Cl)ccc2F)NC(=S)CO1. The van der Waals surface area contributed by atoms with Crippen LogP contribution in [0.2, 0.25) is 5.02 Å². The number of hydrogen-bond acceptors (Lipinski definition) is 4. The molecular formula is C21H20ClF4N3O2S. The number of benzene rings is 1. The minimum absolute atomic E-state index is 0.189. The fraction of sp³-hybridized carbons (Fsp3) is 0.381. The summed E-state index contributed by atoms with van der Waals surface area (Å²) in [5.41, 5.74) is -2.56. The number of carbonyl (C=O) groups is 1. The fourth-order valence-corrected chi connectivity index (χ4v) is 4.23. The molecule has 1 aromatic heterocycles. The zero-order valence-electron chi connectivity index (χ0n) is 17.4. The number of hydrogen-bond donors (Lipinski definition) is 2. The highest BCUT2D eigenvalue weighted by molar-refractivity contribution is 7.80. The molecule has 2 N–H and O–H groups in total. The second kappa shape index (κ2) is 8.57. The normalized spacial score (nSPS) is 20.9. The summed E-state index contributed by atoms with van der Waals surface area (Å²) in [6, 6.07) is 4.57. The van der Waals surface area contributed by atoms with Crippen molar-refractivity contribution in [3.63, 3.8) is 0 Å². The Balaban J connectivity index is 1.91. The van der Waals surface area contributed by atoms with Gasteiger partial charge in [-0.1, -0.05) is 23.8 Å². The molecule has 1 aliphatic rings. The molecular weight excluding hydrogens is 470 g/mol. The Labute approximate surface area is 192 Å². The van der Waals surface area contributed by atoms with Crippen molar-refractivity contribution in [2.45, 2.75) is 44.5 Å². The van der Waals surface area contributed by atoms with Gasteiger partial charge in [-0.3, -0.25) is 4.79 Å².